The third-order valence-electron chi connectivity index (χ3n) is 1.38. The third kappa shape index (κ3) is 7.55. The molecule has 76 valence electrons. The Balaban J connectivity index is 0.000000255. The molecule has 0 aliphatic carbocycles. The molecule has 14 heavy (non-hydrogen) atoms. The van der Waals surface area contributed by atoms with E-state index in [-0.39, 0.29) is 0 Å². The Labute approximate surface area is 88.7 Å². The lowest BCUT2D eigenvalue weighted by Crippen LogP contribution is -1.75. The van der Waals surface area contributed by atoms with Crippen molar-refractivity contribution in [2.75, 3.05) is 12.0 Å². The number of benzene rings is 1. The third-order valence-corrected chi connectivity index (χ3v) is 2.02. The number of aldehydes is 2. The number of thioether (sulfide) groups is 1. The molecule has 0 aliphatic rings. The molecule has 0 heterocycles. The molecule has 0 aliphatic heterocycles. The van der Waals surface area contributed by atoms with E-state index in [9.17, 15) is 9.59 Å². The number of hydrogen-bond donors (Lipinski definition) is 0. The van der Waals surface area contributed by atoms with Crippen LogP contribution in [0.5, 0.6) is 0 Å². The highest BCUT2D eigenvalue weighted by Gasteiger charge is 1.80. The topological polar surface area (TPSA) is 34.1 Å². The van der Waals surface area contributed by atoms with Crippen LogP contribution in [0.15, 0.2) is 30.3 Å². The molecule has 0 amide bonds. The van der Waals surface area contributed by atoms with Gasteiger partial charge in [0.2, 0.25) is 0 Å². The average Bonchev–Trinajstić information content (AvgIpc) is 2.28. The summed E-state index contributed by atoms with van der Waals surface area (Å²) in [5.41, 5.74) is 0.729. The van der Waals surface area contributed by atoms with Crippen molar-refractivity contribution in [2.24, 2.45) is 0 Å². The van der Waals surface area contributed by atoms with Crippen molar-refractivity contribution in [3.05, 3.63) is 35.9 Å². The molecule has 0 fully saturated rings. The van der Waals surface area contributed by atoms with Crippen molar-refractivity contribution in [2.45, 2.75) is 6.42 Å². The number of hydrogen-bond acceptors (Lipinski definition) is 3. The van der Waals surface area contributed by atoms with Crippen molar-refractivity contribution in [1.82, 2.24) is 0 Å². The van der Waals surface area contributed by atoms with E-state index in [2.05, 4.69) is 0 Å². The zero-order chi connectivity index (χ0) is 10.6. The van der Waals surface area contributed by atoms with Crippen LogP contribution in [0.3, 0.4) is 0 Å². The lowest BCUT2D eigenvalue weighted by Gasteiger charge is -1.81. The fourth-order valence-corrected chi connectivity index (χ4v) is 1.03. The highest BCUT2D eigenvalue weighted by molar-refractivity contribution is 7.98. The Morgan fingerprint density at radius 1 is 1.21 bits per heavy atom. The summed E-state index contributed by atoms with van der Waals surface area (Å²) in [6, 6.07) is 9.10. The van der Waals surface area contributed by atoms with Gasteiger partial charge < -0.3 is 4.79 Å². The number of carbonyl (C=O) groups is 2. The van der Waals surface area contributed by atoms with Gasteiger partial charge in [0.15, 0.2) is 0 Å². The average molecular weight is 210 g/mol. The Bertz CT molecular complexity index is 247. The highest BCUT2D eigenvalue weighted by atomic mass is 32.2. The van der Waals surface area contributed by atoms with Gasteiger partial charge in [-0.3, -0.25) is 4.79 Å². The van der Waals surface area contributed by atoms with Crippen LogP contribution in [0.25, 0.3) is 0 Å². The van der Waals surface area contributed by atoms with E-state index in [0.29, 0.717) is 6.42 Å². The molecule has 0 bridgehead atoms. The van der Waals surface area contributed by atoms with Gasteiger partial charge in [-0.15, -0.1) is 0 Å². The minimum atomic E-state index is 0.696. The van der Waals surface area contributed by atoms with Crippen LogP contribution >= 0.6 is 11.8 Å². The van der Waals surface area contributed by atoms with E-state index in [1.54, 1.807) is 23.9 Å². The lowest BCUT2D eigenvalue weighted by atomic mass is 10.2. The molecule has 1 aromatic rings. The second-order valence-corrected chi connectivity index (χ2v) is 3.46. The summed E-state index contributed by atoms with van der Waals surface area (Å²) in [6.07, 6.45) is 4.46. The summed E-state index contributed by atoms with van der Waals surface area (Å²) >= 11 is 1.69. The summed E-state index contributed by atoms with van der Waals surface area (Å²) in [5, 5.41) is 0. The van der Waals surface area contributed by atoms with Crippen LogP contribution in [0.1, 0.15) is 16.8 Å². The summed E-state index contributed by atoms with van der Waals surface area (Å²) in [4.78, 5) is 19.6. The van der Waals surface area contributed by atoms with Crippen molar-refractivity contribution >= 4 is 24.3 Å². The molecular formula is C11H14O2S. The normalized spacial score (nSPS) is 8.36. The van der Waals surface area contributed by atoms with E-state index in [1.807, 2.05) is 24.5 Å². The van der Waals surface area contributed by atoms with Crippen LogP contribution in [0, 0.1) is 0 Å². The zero-order valence-corrected chi connectivity index (χ0v) is 9.00. The van der Waals surface area contributed by atoms with Gasteiger partial charge >= 0.3 is 0 Å². The molecule has 2 nitrogen and oxygen atoms in total. The lowest BCUT2D eigenvalue weighted by molar-refractivity contribution is -0.107. The first-order valence-corrected chi connectivity index (χ1v) is 5.67. The Morgan fingerprint density at radius 2 is 1.86 bits per heavy atom. The molecule has 0 aromatic heterocycles. The van der Waals surface area contributed by atoms with Crippen molar-refractivity contribution in [1.29, 1.82) is 0 Å². The van der Waals surface area contributed by atoms with Gasteiger partial charge in [0, 0.05) is 12.0 Å². The quantitative estimate of drug-likeness (QED) is 0.565. The predicted octanol–water partition coefficient (Wildman–Crippen LogP) is 2.44. The van der Waals surface area contributed by atoms with Crippen LogP contribution in [0.4, 0.5) is 0 Å². The van der Waals surface area contributed by atoms with Gasteiger partial charge in [0.25, 0.3) is 0 Å². The molecule has 0 unspecified atom stereocenters. The van der Waals surface area contributed by atoms with E-state index < -0.39 is 0 Å². The maximum absolute atomic E-state index is 10.0. The molecule has 0 spiro atoms. The molecule has 1 rings (SSSR count). The Kier molecular flexibility index (Phi) is 9.22. The van der Waals surface area contributed by atoms with E-state index in [4.69, 9.17) is 0 Å². The van der Waals surface area contributed by atoms with E-state index in [0.717, 1.165) is 23.9 Å². The Morgan fingerprint density at radius 3 is 2.14 bits per heavy atom. The van der Waals surface area contributed by atoms with Gasteiger partial charge in [-0.2, -0.15) is 11.8 Å². The molecule has 0 saturated heterocycles. The first kappa shape index (κ1) is 12.9. The molecule has 3 heteroatoms. The zero-order valence-electron chi connectivity index (χ0n) is 8.18. The fraction of sp³-hybridized carbons (Fsp3) is 0.273. The van der Waals surface area contributed by atoms with Crippen molar-refractivity contribution in [3.8, 4) is 0 Å². The molecule has 1 aromatic carbocycles. The second kappa shape index (κ2) is 9.99. The number of carbonyl (C=O) groups excluding carboxylic acids is 2. The summed E-state index contributed by atoms with van der Waals surface area (Å²) in [7, 11) is 0. The van der Waals surface area contributed by atoms with Crippen LogP contribution in [0.2, 0.25) is 0 Å². The Hall–Kier alpha value is -1.09. The molecule has 0 atom stereocenters. The molecule has 0 N–H and O–H groups in total. The van der Waals surface area contributed by atoms with Crippen LogP contribution in [-0.2, 0) is 4.79 Å². The largest absolute Gasteiger partial charge is 0.303 e. The van der Waals surface area contributed by atoms with Crippen LogP contribution in [-0.4, -0.2) is 24.6 Å². The first-order chi connectivity index (χ1) is 6.85. The summed E-state index contributed by atoms with van der Waals surface area (Å²) in [6.45, 7) is 0. The standard InChI is InChI=1S/C7H6O.C4H8OS/c8-6-7-4-2-1-3-5-7;1-6-4-2-3-5/h1-6H;3H,2,4H2,1H3. The maximum atomic E-state index is 10.0. The maximum Gasteiger partial charge on any atom is 0.150 e. The van der Waals surface area contributed by atoms with Crippen molar-refractivity contribution in [3.63, 3.8) is 0 Å². The summed E-state index contributed by atoms with van der Waals surface area (Å²) < 4.78 is 0. The van der Waals surface area contributed by atoms with Gasteiger partial charge in [-0.25, -0.2) is 0 Å². The van der Waals surface area contributed by atoms with Gasteiger partial charge in [0.1, 0.15) is 12.6 Å². The van der Waals surface area contributed by atoms with E-state index >= 15 is 0 Å². The van der Waals surface area contributed by atoms with Gasteiger partial charge in [-0.05, 0) is 12.0 Å². The fourth-order valence-electron chi connectivity index (χ4n) is 0.698. The van der Waals surface area contributed by atoms with Crippen LogP contribution < -0.4 is 0 Å². The summed E-state index contributed by atoms with van der Waals surface area (Å²) in [5.74, 6) is 0.962. The monoisotopic (exact) mass is 210 g/mol. The minimum absolute atomic E-state index is 0.696. The predicted molar refractivity (Wildman–Crippen MR) is 60.9 cm³/mol. The van der Waals surface area contributed by atoms with Crippen molar-refractivity contribution < 1.29 is 9.59 Å². The van der Waals surface area contributed by atoms with E-state index in [1.165, 1.54) is 0 Å². The molecule has 0 radical (unpaired) electrons. The minimum Gasteiger partial charge on any atom is -0.303 e. The number of rotatable bonds is 4. The highest BCUT2D eigenvalue weighted by Crippen LogP contribution is 1.91. The smallest absolute Gasteiger partial charge is 0.150 e. The van der Waals surface area contributed by atoms with Gasteiger partial charge in [-0.1, -0.05) is 30.3 Å². The first-order valence-electron chi connectivity index (χ1n) is 4.28. The van der Waals surface area contributed by atoms with Gasteiger partial charge in [0.05, 0.1) is 0 Å². The SMILES string of the molecule is CSCCC=O.O=Cc1ccccc1. The molecule has 0 saturated carbocycles. The molecular weight excluding hydrogens is 196 g/mol. The second-order valence-electron chi connectivity index (χ2n) is 2.48.